The van der Waals surface area contributed by atoms with Crippen molar-refractivity contribution in [2.24, 2.45) is 5.92 Å². The monoisotopic (exact) mass is 504 g/mol. The maximum absolute atomic E-state index is 12.9. The summed E-state index contributed by atoms with van der Waals surface area (Å²) in [7, 11) is 0. The number of piperidine rings is 1. The van der Waals surface area contributed by atoms with Gasteiger partial charge in [0, 0.05) is 35.6 Å². The highest BCUT2D eigenvalue weighted by Gasteiger charge is 2.20. The lowest BCUT2D eigenvalue weighted by Gasteiger charge is -2.33. The van der Waals surface area contributed by atoms with E-state index in [2.05, 4.69) is 60.9 Å². The quantitative estimate of drug-likeness (QED) is 0.301. The van der Waals surface area contributed by atoms with Crippen LogP contribution in [0.25, 0.3) is 22.4 Å². The second-order valence-corrected chi connectivity index (χ2v) is 9.52. The first-order valence-corrected chi connectivity index (χ1v) is 12.8. The fourth-order valence-corrected chi connectivity index (χ4v) is 4.77. The second kappa shape index (κ2) is 10.7. The van der Waals surface area contributed by atoms with Gasteiger partial charge in [0.25, 0.3) is 5.91 Å². The SMILES string of the molecule is O=C(Nc1ccc(OCC2CCN(c3ccccc3)CC2)cc1)c1cccc(-c2ccc3[nH]nnc3n2)c1. The molecule has 1 saturated heterocycles. The molecule has 0 bridgehead atoms. The predicted octanol–water partition coefficient (Wildman–Crippen LogP) is 5.57. The van der Waals surface area contributed by atoms with E-state index in [1.165, 1.54) is 5.69 Å². The summed E-state index contributed by atoms with van der Waals surface area (Å²) in [5.74, 6) is 1.17. The zero-order valence-corrected chi connectivity index (χ0v) is 20.9. The summed E-state index contributed by atoms with van der Waals surface area (Å²) in [4.78, 5) is 19.9. The number of amides is 1. The lowest BCUT2D eigenvalue weighted by Crippen LogP contribution is -2.35. The average Bonchev–Trinajstić information content (AvgIpc) is 3.46. The van der Waals surface area contributed by atoms with E-state index in [9.17, 15) is 4.79 Å². The molecule has 0 unspecified atom stereocenters. The number of hydrogen-bond donors (Lipinski definition) is 2. The Hall–Kier alpha value is -4.72. The predicted molar refractivity (Wildman–Crippen MR) is 148 cm³/mol. The molecule has 3 aromatic carbocycles. The van der Waals surface area contributed by atoms with Crippen molar-refractivity contribution in [3.8, 4) is 17.0 Å². The molecule has 190 valence electrons. The Morgan fingerprint density at radius 3 is 2.58 bits per heavy atom. The molecular weight excluding hydrogens is 476 g/mol. The van der Waals surface area contributed by atoms with Crippen molar-refractivity contribution in [2.75, 3.05) is 29.9 Å². The minimum Gasteiger partial charge on any atom is -0.493 e. The van der Waals surface area contributed by atoms with Crippen LogP contribution in [0.3, 0.4) is 0 Å². The number of hydrogen-bond acceptors (Lipinski definition) is 6. The van der Waals surface area contributed by atoms with Crippen LogP contribution in [0.4, 0.5) is 11.4 Å². The molecular formula is C30H28N6O2. The summed E-state index contributed by atoms with van der Waals surface area (Å²) in [6.07, 6.45) is 2.23. The van der Waals surface area contributed by atoms with Crippen LogP contribution in [0.5, 0.6) is 5.75 Å². The average molecular weight is 505 g/mol. The number of carbonyl (C=O) groups is 1. The molecule has 38 heavy (non-hydrogen) atoms. The van der Waals surface area contributed by atoms with E-state index in [0.717, 1.165) is 48.5 Å². The van der Waals surface area contributed by atoms with Gasteiger partial charge in [0.1, 0.15) is 11.3 Å². The fourth-order valence-electron chi connectivity index (χ4n) is 4.77. The number of nitrogens with zero attached hydrogens (tertiary/aromatic N) is 4. The van der Waals surface area contributed by atoms with E-state index in [4.69, 9.17) is 4.74 Å². The van der Waals surface area contributed by atoms with Crippen LogP contribution < -0.4 is 15.0 Å². The Balaban J connectivity index is 1.02. The molecule has 0 spiro atoms. The van der Waals surface area contributed by atoms with Crippen LogP contribution in [0, 0.1) is 5.92 Å². The standard InChI is InChI=1S/C30H28N6O2/c37-30(23-6-4-5-22(19-23)27-13-14-28-29(32-27)34-35-33-28)31-24-9-11-26(12-10-24)38-20-21-15-17-36(18-16-21)25-7-2-1-3-8-25/h1-14,19,21H,15-18,20H2,(H,31,37)(H,32,33,34,35). The summed E-state index contributed by atoms with van der Waals surface area (Å²) >= 11 is 0. The van der Waals surface area contributed by atoms with E-state index in [1.807, 2.05) is 54.6 Å². The highest BCUT2D eigenvalue weighted by molar-refractivity contribution is 6.05. The van der Waals surface area contributed by atoms with Crippen molar-refractivity contribution in [1.29, 1.82) is 0 Å². The molecule has 8 heteroatoms. The summed E-state index contributed by atoms with van der Waals surface area (Å²) in [5.41, 5.74) is 5.42. The van der Waals surface area contributed by atoms with Gasteiger partial charge in [-0.15, -0.1) is 5.10 Å². The number of para-hydroxylation sites is 1. The molecule has 1 aliphatic heterocycles. The number of fused-ring (bicyclic) bond motifs is 1. The molecule has 0 saturated carbocycles. The Morgan fingerprint density at radius 2 is 1.76 bits per heavy atom. The zero-order chi connectivity index (χ0) is 25.7. The number of nitrogens with one attached hydrogen (secondary N) is 2. The Kier molecular flexibility index (Phi) is 6.68. The number of carbonyl (C=O) groups excluding carboxylic acids is 1. The first-order chi connectivity index (χ1) is 18.7. The number of aromatic nitrogens is 4. The fraction of sp³-hybridized carbons (Fsp3) is 0.200. The number of H-pyrrole nitrogens is 1. The van der Waals surface area contributed by atoms with Gasteiger partial charge < -0.3 is 15.0 Å². The van der Waals surface area contributed by atoms with E-state index >= 15 is 0 Å². The van der Waals surface area contributed by atoms with Crippen LogP contribution in [0.15, 0.2) is 91.0 Å². The largest absolute Gasteiger partial charge is 0.493 e. The van der Waals surface area contributed by atoms with Crippen molar-refractivity contribution in [1.82, 2.24) is 20.4 Å². The summed E-state index contributed by atoms with van der Waals surface area (Å²) in [5, 5.41) is 13.5. The van der Waals surface area contributed by atoms with Crippen molar-refractivity contribution >= 4 is 28.4 Å². The van der Waals surface area contributed by atoms with Crippen LogP contribution in [0.1, 0.15) is 23.2 Å². The normalized spacial score (nSPS) is 13.9. The summed E-state index contributed by atoms with van der Waals surface area (Å²) in [6, 6.07) is 29.3. The number of benzene rings is 3. The minimum absolute atomic E-state index is 0.187. The minimum atomic E-state index is -0.187. The first kappa shape index (κ1) is 23.7. The van der Waals surface area contributed by atoms with Crippen molar-refractivity contribution in [2.45, 2.75) is 12.8 Å². The number of ether oxygens (including phenoxy) is 1. The third-order valence-corrected chi connectivity index (χ3v) is 6.94. The van der Waals surface area contributed by atoms with Crippen LogP contribution >= 0.6 is 0 Å². The molecule has 1 fully saturated rings. The molecule has 2 aromatic heterocycles. The lowest BCUT2D eigenvalue weighted by atomic mass is 9.97. The van der Waals surface area contributed by atoms with Gasteiger partial charge in [0.2, 0.25) is 5.65 Å². The summed E-state index contributed by atoms with van der Waals surface area (Å²) in [6.45, 7) is 2.81. The third-order valence-electron chi connectivity index (χ3n) is 6.94. The Morgan fingerprint density at radius 1 is 0.947 bits per heavy atom. The van der Waals surface area contributed by atoms with Gasteiger partial charge in [-0.05, 0) is 79.4 Å². The molecule has 1 amide bonds. The van der Waals surface area contributed by atoms with Crippen LogP contribution in [-0.2, 0) is 0 Å². The van der Waals surface area contributed by atoms with Gasteiger partial charge in [-0.1, -0.05) is 35.5 Å². The van der Waals surface area contributed by atoms with E-state index in [1.54, 1.807) is 6.07 Å². The van der Waals surface area contributed by atoms with E-state index in [-0.39, 0.29) is 5.91 Å². The summed E-state index contributed by atoms with van der Waals surface area (Å²) < 4.78 is 6.07. The molecule has 1 aliphatic rings. The molecule has 0 radical (unpaired) electrons. The molecule has 3 heterocycles. The highest BCUT2D eigenvalue weighted by atomic mass is 16.5. The van der Waals surface area contributed by atoms with Gasteiger partial charge in [0.05, 0.1) is 12.3 Å². The molecule has 0 atom stereocenters. The topological polar surface area (TPSA) is 96.0 Å². The Bertz CT molecular complexity index is 1530. The maximum Gasteiger partial charge on any atom is 0.255 e. The zero-order valence-electron chi connectivity index (χ0n) is 20.9. The number of pyridine rings is 1. The van der Waals surface area contributed by atoms with E-state index in [0.29, 0.717) is 29.4 Å². The van der Waals surface area contributed by atoms with Crippen molar-refractivity contribution in [3.63, 3.8) is 0 Å². The van der Waals surface area contributed by atoms with Crippen molar-refractivity contribution in [3.05, 3.63) is 96.6 Å². The molecule has 0 aliphatic carbocycles. The van der Waals surface area contributed by atoms with Gasteiger partial charge in [-0.2, -0.15) is 0 Å². The third kappa shape index (κ3) is 5.34. The van der Waals surface area contributed by atoms with Gasteiger partial charge in [-0.3, -0.25) is 9.89 Å². The number of aromatic amines is 1. The van der Waals surface area contributed by atoms with Crippen LogP contribution in [-0.4, -0.2) is 46.0 Å². The molecule has 8 nitrogen and oxygen atoms in total. The number of rotatable bonds is 7. The molecule has 6 rings (SSSR count). The van der Waals surface area contributed by atoms with Crippen molar-refractivity contribution < 1.29 is 9.53 Å². The Labute approximate surface area is 220 Å². The highest BCUT2D eigenvalue weighted by Crippen LogP contribution is 2.25. The smallest absolute Gasteiger partial charge is 0.255 e. The van der Waals surface area contributed by atoms with Crippen LogP contribution in [0.2, 0.25) is 0 Å². The maximum atomic E-state index is 12.9. The van der Waals surface area contributed by atoms with Gasteiger partial charge >= 0.3 is 0 Å². The first-order valence-electron chi connectivity index (χ1n) is 12.8. The van der Waals surface area contributed by atoms with Gasteiger partial charge in [0.15, 0.2) is 0 Å². The number of anilines is 2. The molecule has 2 N–H and O–H groups in total. The lowest BCUT2D eigenvalue weighted by molar-refractivity contribution is 0.102. The molecule has 5 aromatic rings. The van der Waals surface area contributed by atoms with E-state index < -0.39 is 0 Å². The van der Waals surface area contributed by atoms with Gasteiger partial charge in [-0.25, -0.2) is 4.98 Å². The second-order valence-electron chi connectivity index (χ2n) is 9.52.